The summed E-state index contributed by atoms with van der Waals surface area (Å²) in [4.78, 5) is 4.26. The predicted molar refractivity (Wildman–Crippen MR) is 95.9 cm³/mol. The van der Waals surface area contributed by atoms with Gasteiger partial charge in [0.15, 0.2) is 0 Å². The Hall–Kier alpha value is -2.15. The maximum Gasteiger partial charge on any atom is 0.0928 e. The van der Waals surface area contributed by atoms with Gasteiger partial charge in [-0.05, 0) is 51.1 Å². The van der Waals surface area contributed by atoms with Gasteiger partial charge in [-0.15, -0.1) is 0 Å². The summed E-state index contributed by atoms with van der Waals surface area (Å²) < 4.78 is 0. The van der Waals surface area contributed by atoms with E-state index >= 15 is 0 Å². The standard InChI is InChI=1S/C20H25N/c1-7-8-19(13-15(2)3)20(21-6)14-17(5)18-11-9-16(4)10-12-18/h7-14,20H,1,6H2,2-5H3/b17-14+,19-8+. The van der Waals surface area contributed by atoms with Crippen LogP contribution in [0.15, 0.2) is 71.3 Å². The number of aryl methyl sites for hydroxylation is 1. The molecule has 0 spiro atoms. The highest BCUT2D eigenvalue weighted by molar-refractivity contribution is 5.65. The molecule has 1 rings (SSSR count). The lowest BCUT2D eigenvalue weighted by Gasteiger charge is -2.12. The fourth-order valence-electron chi connectivity index (χ4n) is 2.11. The highest BCUT2D eigenvalue weighted by atomic mass is 14.7. The van der Waals surface area contributed by atoms with Crippen LogP contribution in [0.25, 0.3) is 5.57 Å². The molecule has 1 nitrogen and oxygen atoms in total. The molecule has 1 aromatic carbocycles. The molecule has 0 aromatic heterocycles. The summed E-state index contributed by atoms with van der Waals surface area (Å²) >= 11 is 0. The van der Waals surface area contributed by atoms with Gasteiger partial charge in [-0.2, -0.15) is 0 Å². The highest BCUT2D eigenvalue weighted by Gasteiger charge is 2.08. The largest absolute Gasteiger partial charge is 0.289 e. The number of hydrogen-bond acceptors (Lipinski definition) is 1. The fourth-order valence-corrected chi connectivity index (χ4v) is 2.11. The molecular weight excluding hydrogens is 254 g/mol. The molecule has 0 aliphatic rings. The van der Waals surface area contributed by atoms with E-state index in [2.05, 4.69) is 82.4 Å². The van der Waals surface area contributed by atoms with Gasteiger partial charge in [0.1, 0.15) is 0 Å². The topological polar surface area (TPSA) is 12.4 Å². The van der Waals surface area contributed by atoms with Gasteiger partial charge in [-0.3, -0.25) is 4.99 Å². The van der Waals surface area contributed by atoms with Crippen LogP contribution in [-0.2, 0) is 0 Å². The third-order valence-corrected chi connectivity index (χ3v) is 3.22. The molecule has 1 aromatic rings. The maximum atomic E-state index is 4.26. The van der Waals surface area contributed by atoms with E-state index in [-0.39, 0.29) is 6.04 Å². The molecule has 1 heteroatoms. The first-order valence-corrected chi connectivity index (χ1v) is 7.16. The van der Waals surface area contributed by atoms with Crippen molar-refractivity contribution in [3.63, 3.8) is 0 Å². The van der Waals surface area contributed by atoms with Crippen molar-refractivity contribution in [2.45, 2.75) is 33.7 Å². The Morgan fingerprint density at radius 2 is 1.76 bits per heavy atom. The van der Waals surface area contributed by atoms with E-state index in [9.17, 15) is 0 Å². The number of aliphatic imine (C=N–C) groups is 1. The van der Waals surface area contributed by atoms with Crippen LogP contribution in [0.5, 0.6) is 0 Å². The van der Waals surface area contributed by atoms with Gasteiger partial charge in [0, 0.05) is 0 Å². The van der Waals surface area contributed by atoms with Crippen molar-refractivity contribution >= 4 is 12.3 Å². The van der Waals surface area contributed by atoms with E-state index in [1.165, 1.54) is 22.3 Å². The SMILES string of the molecule is C=C/C=C(\C=C(C)C)C(/C=C(\C)c1ccc(C)cc1)N=C. The summed E-state index contributed by atoms with van der Waals surface area (Å²) in [7, 11) is 0. The van der Waals surface area contributed by atoms with Crippen molar-refractivity contribution < 1.29 is 0 Å². The van der Waals surface area contributed by atoms with Gasteiger partial charge in [0.25, 0.3) is 0 Å². The Labute approximate surface area is 129 Å². The molecule has 0 bridgehead atoms. The minimum atomic E-state index is -0.0563. The quantitative estimate of drug-likeness (QED) is 0.478. The van der Waals surface area contributed by atoms with E-state index in [4.69, 9.17) is 0 Å². The summed E-state index contributed by atoms with van der Waals surface area (Å²) in [5.74, 6) is 0. The Kier molecular flexibility index (Phi) is 6.61. The molecule has 0 saturated heterocycles. The van der Waals surface area contributed by atoms with E-state index in [0.717, 1.165) is 5.57 Å². The first-order valence-electron chi connectivity index (χ1n) is 7.16. The van der Waals surface area contributed by atoms with Crippen molar-refractivity contribution in [3.8, 4) is 0 Å². The number of hydrogen-bond donors (Lipinski definition) is 0. The van der Waals surface area contributed by atoms with Gasteiger partial charge in [0.05, 0.1) is 6.04 Å². The minimum absolute atomic E-state index is 0.0563. The third kappa shape index (κ3) is 5.39. The molecule has 0 N–H and O–H groups in total. The lowest BCUT2D eigenvalue weighted by molar-refractivity contribution is 0.986. The molecule has 110 valence electrons. The van der Waals surface area contributed by atoms with Crippen LogP contribution in [0.4, 0.5) is 0 Å². The number of rotatable bonds is 6. The molecule has 0 amide bonds. The molecule has 0 radical (unpaired) electrons. The molecule has 0 saturated carbocycles. The molecule has 0 aliphatic carbocycles. The van der Waals surface area contributed by atoms with Crippen molar-refractivity contribution in [3.05, 3.63) is 77.4 Å². The zero-order valence-corrected chi connectivity index (χ0v) is 13.6. The molecule has 21 heavy (non-hydrogen) atoms. The van der Waals surface area contributed by atoms with Crippen molar-refractivity contribution in [2.75, 3.05) is 0 Å². The van der Waals surface area contributed by atoms with Gasteiger partial charge in [-0.25, -0.2) is 0 Å². The summed E-state index contributed by atoms with van der Waals surface area (Å²) in [6, 6.07) is 8.47. The molecule has 0 aliphatic heterocycles. The third-order valence-electron chi connectivity index (χ3n) is 3.22. The van der Waals surface area contributed by atoms with E-state index in [0.29, 0.717) is 0 Å². The summed E-state index contributed by atoms with van der Waals surface area (Å²) in [6.07, 6.45) is 8.06. The van der Waals surface area contributed by atoms with Crippen LogP contribution >= 0.6 is 0 Å². The number of benzene rings is 1. The van der Waals surface area contributed by atoms with Crippen LogP contribution in [0.2, 0.25) is 0 Å². The van der Waals surface area contributed by atoms with E-state index in [1.54, 1.807) is 6.08 Å². The maximum absolute atomic E-state index is 4.26. The second kappa shape index (κ2) is 8.21. The van der Waals surface area contributed by atoms with E-state index < -0.39 is 0 Å². The lowest BCUT2D eigenvalue weighted by Crippen LogP contribution is -2.04. The molecule has 0 fully saturated rings. The van der Waals surface area contributed by atoms with Gasteiger partial charge in [0.2, 0.25) is 0 Å². The molecular formula is C20H25N. The second-order valence-corrected chi connectivity index (χ2v) is 5.47. The molecule has 0 heterocycles. The highest BCUT2D eigenvalue weighted by Crippen LogP contribution is 2.20. The Bertz CT molecular complexity index is 579. The average molecular weight is 279 g/mol. The van der Waals surface area contributed by atoms with Crippen molar-refractivity contribution in [2.24, 2.45) is 4.99 Å². The van der Waals surface area contributed by atoms with Crippen molar-refractivity contribution in [1.29, 1.82) is 0 Å². The number of allylic oxidation sites excluding steroid dienone is 4. The summed E-state index contributed by atoms with van der Waals surface area (Å²) in [6.45, 7) is 15.9. The lowest BCUT2D eigenvalue weighted by atomic mass is 9.98. The second-order valence-electron chi connectivity index (χ2n) is 5.47. The van der Waals surface area contributed by atoms with Crippen LogP contribution in [0.3, 0.4) is 0 Å². The minimum Gasteiger partial charge on any atom is -0.289 e. The molecule has 1 atom stereocenters. The fraction of sp³-hybridized carbons (Fsp3) is 0.250. The zero-order valence-electron chi connectivity index (χ0n) is 13.6. The van der Waals surface area contributed by atoms with Crippen molar-refractivity contribution in [1.82, 2.24) is 0 Å². The Morgan fingerprint density at radius 1 is 1.14 bits per heavy atom. The smallest absolute Gasteiger partial charge is 0.0928 e. The van der Waals surface area contributed by atoms with Crippen LogP contribution in [0, 0.1) is 6.92 Å². The van der Waals surface area contributed by atoms with Gasteiger partial charge < -0.3 is 0 Å². The normalized spacial score (nSPS) is 13.5. The Balaban J connectivity index is 3.14. The predicted octanol–water partition coefficient (Wildman–Crippen LogP) is 5.55. The monoisotopic (exact) mass is 279 g/mol. The summed E-state index contributed by atoms with van der Waals surface area (Å²) in [5, 5.41) is 0. The van der Waals surface area contributed by atoms with E-state index in [1.807, 2.05) is 6.08 Å². The van der Waals surface area contributed by atoms with Crippen LogP contribution in [0.1, 0.15) is 31.9 Å². The van der Waals surface area contributed by atoms with Crippen LogP contribution < -0.4 is 0 Å². The summed E-state index contributed by atoms with van der Waals surface area (Å²) in [5.41, 5.74) is 6.01. The van der Waals surface area contributed by atoms with Crippen LogP contribution in [-0.4, -0.2) is 12.8 Å². The Morgan fingerprint density at radius 3 is 2.24 bits per heavy atom. The van der Waals surface area contributed by atoms with Gasteiger partial charge >= 0.3 is 0 Å². The molecule has 1 unspecified atom stereocenters. The van der Waals surface area contributed by atoms with Gasteiger partial charge in [-0.1, -0.05) is 66.3 Å². The number of nitrogens with zero attached hydrogens (tertiary/aromatic N) is 1. The average Bonchev–Trinajstić information content (AvgIpc) is 2.44. The first kappa shape index (κ1) is 16.9. The zero-order chi connectivity index (χ0) is 15.8. The first-order chi connectivity index (χ1) is 9.97.